The Morgan fingerprint density at radius 3 is 2.56 bits per heavy atom. The van der Waals surface area contributed by atoms with Gasteiger partial charge in [0.1, 0.15) is 0 Å². The molecule has 7 heteroatoms. The first kappa shape index (κ1) is 17.0. The number of carbonyl (C=O) groups is 1. The number of aryl methyl sites for hydroxylation is 1. The SMILES string of the molecule is Cc1ccc(C(=O)N2CCN(c3nc(CN4CCCC4)cs3)CC2)s1. The molecule has 0 aliphatic carbocycles. The van der Waals surface area contributed by atoms with Gasteiger partial charge in [-0.15, -0.1) is 22.7 Å². The Hall–Kier alpha value is -1.44. The van der Waals surface area contributed by atoms with Crippen LogP contribution in [0.5, 0.6) is 0 Å². The van der Waals surface area contributed by atoms with Crippen molar-refractivity contribution in [1.29, 1.82) is 0 Å². The molecule has 2 fully saturated rings. The molecule has 2 aliphatic rings. The number of hydrogen-bond donors (Lipinski definition) is 0. The summed E-state index contributed by atoms with van der Waals surface area (Å²) in [6.45, 7) is 8.72. The summed E-state index contributed by atoms with van der Waals surface area (Å²) in [7, 11) is 0. The van der Waals surface area contributed by atoms with Crippen molar-refractivity contribution in [2.45, 2.75) is 26.3 Å². The maximum absolute atomic E-state index is 12.6. The summed E-state index contributed by atoms with van der Waals surface area (Å²) >= 11 is 3.32. The van der Waals surface area contributed by atoms with E-state index in [9.17, 15) is 4.79 Å². The molecule has 0 bridgehead atoms. The van der Waals surface area contributed by atoms with Crippen LogP contribution in [-0.4, -0.2) is 60.0 Å². The van der Waals surface area contributed by atoms with Gasteiger partial charge in [0.15, 0.2) is 5.13 Å². The number of piperazine rings is 1. The van der Waals surface area contributed by atoms with Gasteiger partial charge in [0.2, 0.25) is 0 Å². The van der Waals surface area contributed by atoms with Crippen LogP contribution in [-0.2, 0) is 6.54 Å². The number of aromatic nitrogens is 1. The third kappa shape index (κ3) is 3.88. The van der Waals surface area contributed by atoms with Crippen LogP contribution >= 0.6 is 22.7 Å². The molecule has 0 spiro atoms. The van der Waals surface area contributed by atoms with Crippen molar-refractivity contribution in [2.24, 2.45) is 0 Å². The smallest absolute Gasteiger partial charge is 0.264 e. The number of likely N-dealkylation sites (tertiary alicyclic amines) is 1. The lowest BCUT2D eigenvalue weighted by molar-refractivity contribution is 0.0751. The molecule has 0 unspecified atom stereocenters. The number of hydrogen-bond acceptors (Lipinski definition) is 6. The standard InChI is InChI=1S/C18H24N4OS2/c1-14-4-5-16(25-14)17(23)21-8-10-22(11-9-21)18-19-15(13-24-18)12-20-6-2-3-7-20/h4-5,13H,2-3,6-12H2,1H3. The first-order chi connectivity index (χ1) is 12.2. The van der Waals surface area contributed by atoms with E-state index in [0.717, 1.165) is 42.7 Å². The van der Waals surface area contributed by atoms with Crippen LogP contribution < -0.4 is 4.90 Å². The minimum absolute atomic E-state index is 0.173. The molecule has 0 N–H and O–H groups in total. The second-order valence-electron chi connectivity index (χ2n) is 6.79. The van der Waals surface area contributed by atoms with Gasteiger partial charge in [0.05, 0.1) is 10.6 Å². The van der Waals surface area contributed by atoms with Gasteiger partial charge in [-0.3, -0.25) is 9.69 Å². The molecule has 2 aliphatic heterocycles. The van der Waals surface area contributed by atoms with Crippen molar-refractivity contribution in [3.63, 3.8) is 0 Å². The quantitative estimate of drug-likeness (QED) is 0.822. The summed E-state index contributed by atoms with van der Waals surface area (Å²) in [4.78, 5) is 26.2. The summed E-state index contributed by atoms with van der Waals surface area (Å²) in [6, 6.07) is 3.96. The van der Waals surface area contributed by atoms with Crippen molar-refractivity contribution in [3.8, 4) is 0 Å². The highest BCUT2D eigenvalue weighted by atomic mass is 32.1. The van der Waals surface area contributed by atoms with Crippen LogP contribution in [0.4, 0.5) is 5.13 Å². The number of thiophene rings is 1. The van der Waals surface area contributed by atoms with E-state index in [4.69, 9.17) is 4.98 Å². The second kappa shape index (κ2) is 7.43. The van der Waals surface area contributed by atoms with E-state index in [1.807, 2.05) is 24.0 Å². The van der Waals surface area contributed by atoms with Crippen molar-refractivity contribution in [2.75, 3.05) is 44.2 Å². The molecule has 2 aromatic rings. The van der Waals surface area contributed by atoms with E-state index in [0.29, 0.717) is 0 Å². The van der Waals surface area contributed by atoms with Gasteiger partial charge < -0.3 is 9.80 Å². The Balaban J connectivity index is 1.32. The predicted molar refractivity (Wildman–Crippen MR) is 104 cm³/mol. The molecule has 134 valence electrons. The van der Waals surface area contributed by atoms with Gasteiger partial charge in [-0.1, -0.05) is 0 Å². The molecular weight excluding hydrogens is 352 g/mol. The lowest BCUT2D eigenvalue weighted by atomic mass is 10.3. The van der Waals surface area contributed by atoms with E-state index in [1.54, 1.807) is 22.7 Å². The first-order valence-electron chi connectivity index (χ1n) is 8.96. The molecule has 1 amide bonds. The van der Waals surface area contributed by atoms with E-state index in [1.165, 1.54) is 36.5 Å². The lowest BCUT2D eigenvalue weighted by Gasteiger charge is -2.34. The van der Waals surface area contributed by atoms with E-state index >= 15 is 0 Å². The maximum Gasteiger partial charge on any atom is 0.264 e. The number of carbonyl (C=O) groups excluding carboxylic acids is 1. The average Bonchev–Trinajstić information content (AvgIpc) is 3.37. The molecule has 4 heterocycles. The van der Waals surface area contributed by atoms with Crippen molar-refractivity contribution in [3.05, 3.63) is 33.0 Å². The van der Waals surface area contributed by atoms with Gasteiger partial charge in [-0.05, 0) is 45.0 Å². The first-order valence-corrected chi connectivity index (χ1v) is 10.7. The highest BCUT2D eigenvalue weighted by Gasteiger charge is 2.24. The monoisotopic (exact) mass is 376 g/mol. The fraction of sp³-hybridized carbons (Fsp3) is 0.556. The summed E-state index contributed by atoms with van der Waals surface area (Å²) < 4.78 is 0. The second-order valence-corrected chi connectivity index (χ2v) is 8.92. The Labute approximate surface area is 156 Å². The fourth-order valence-electron chi connectivity index (χ4n) is 3.49. The Bertz CT molecular complexity index is 727. The summed E-state index contributed by atoms with van der Waals surface area (Å²) in [5.41, 5.74) is 1.19. The van der Waals surface area contributed by atoms with Gasteiger partial charge in [-0.25, -0.2) is 4.98 Å². The summed E-state index contributed by atoms with van der Waals surface area (Å²) in [5, 5.41) is 3.30. The maximum atomic E-state index is 12.6. The summed E-state index contributed by atoms with van der Waals surface area (Å²) in [6.07, 6.45) is 2.63. The number of nitrogens with zero attached hydrogens (tertiary/aromatic N) is 4. The normalized spacial score (nSPS) is 18.9. The number of amides is 1. The highest BCUT2D eigenvalue weighted by Crippen LogP contribution is 2.24. The summed E-state index contributed by atoms with van der Waals surface area (Å²) in [5.74, 6) is 0.173. The third-order valence-electron chi connectivity index (χ3n) is 4.91. The molecule has 4 rings (SSSR count). The van der Waals surface area contributed by atoms with Crippen LogP contribution in [0.15, 0.2) is 17.5 Å². The van der Waals surface area contributed by atoms with Crippen LogP contribution in [0.2, 0.25) is 0 Å². The molecular formula is C18H24N4OS2. The highest BCUT2D eigenvalue weighted by molar-refractivity contribution is 7.14. The van der Waals surface area contributed by atoms with Gasteiger partial charge in [0, 0.05) is 43.0 Å². The Morgan fingerprint density at radius 1 is 1.12 bits per heavy atom. The zero-order chi connectivity index (χ0) is 17.2. The Kier molecular flexibility index (Phi) is 5.05. The molecule has 2 saturated heterocycles. The molecule has 2 aromatic heterocycles. The van der Waals surface area contributed by atoms with Crippen LogP contribution in [0.3, 0.4) is 0 Å². The largest absolute Gasteiger partial charge is 0.345 e. The van der Waals surface area contributed by atoms with Crippen molar-refractivity contribution in [1.82, 2.24) is 14.8 Å². The van der Waals surface area contributed by atoms with Gasteiger partial charge in [-0.2, -0.15) is 0 Å². The zero-order valence-electron chi connectivity index (χ0n) is 14.6. The predicted octanol–water partition coefficient (Wildman–Crippen LogP) is 3.07. The molecule has 25 heavy (non-hydrogen) atoms. The van der Waals surface area contributed by atoms with Crippen molar-refractivity contribution < 1.29 is 4.79 Å². The number of anilines is 1. The molecule has 0 saturated carbocycles. The lowest BCUT2D eigenvalue weighted by Crippen LogP contribution is -2.48. The zero-order valence-corrected chi connectivity index (χ0v) is 16.2. The molecule has 5 nitrogen and oxygen atoms in total. The van der Waals surface area contributed by atoms with E-state index in [-0.39, 0.29) is 5.91 Å². The fourth-order valence-corrected chi connectivity index (χ4v) is 5.20. The minimum atomic E-state index is 0.173. The molecule has 0 radical (unpaired) electrons. The van der Waals surface area contributed by atoms with Crippen LogP contribution in [0.25, 0.3) is 0 Å². The van der Waals surface area contributed by atoms with E-state index in [2.05, 4.69) is 15.2 Å². The topological polar surface area (TPSA) is 39.7 Å². The number of thiazole rings is 1. The minimum Gasteiger partial charge on any atom is -0.345 e. The van der Waals surface area contributed by atoms with Crippen LogP contribution in [0, 0.1) is 6.92 Å². The third-order valence-corrected chi connectivity index (χ3v) is 6.85. The van der Waals surface area contributed by atoms with E-state index < -0.39 is 0 Å². The van der Waals surface area contributed by atoms with Crippen molar-refractivity contribution >= 4 is 33.7 Å². The Morgan fingerprint density at radius 2 is 1.88 bits per heavy atom. The number of rotatable bonds is 4. The van der Waals surface area contributed by atoms with Gasteiger partial charge in [0.25, 0.3) is 5.91 Å². The average molecular weight is 377 g/mol. The molecule has 0 aromatic carbocycles. The molecule has 0 atom stereocenters. The van der Waals surface area contributed by atoms with Gasteiger partial charge >= 0.3 is 0 Å². The van der Waals surface area contributed by atoms with Crippen LogP contribution in [0.1, 0.15) is 33.1 Å².